The van der Waals surface area contributed by atoms with Gasteiger partial charge in [0.05, 0.1) is 6.10 Å². The lowest BCUT2D eigenvalue weighted by Crippen LogP contribution is -2.50. The van der Waals surface area contributed by atoms with Crippen molar-refractivity contribution >= 4 is 0 Å². The van der Waals surface area contributed by atoms with E-state index in [1.54, 1.807) is 0 Å². The van der Waals surface area contributed by atoms with Crippen LogP contribution in [0.5, 0.6) is 5.75 Å². The van der Waals surface area contributed by atoms with Crippen LogP contribution in [0, 0.1) is 0 Å². The highest BCUT2D eigenvalue weighted by molar-refractivity contribution is 5.31. The van der Waals surface area contributed by atoms with E-state index < -0.39 is 6.10 Å². The summed E-state index contributed by atoms with van der Waals surface area (Å²) in [4.78, 5) is 4.57. The van der Waals surface area contributed by atoms with E-state index in [-0.39, 0.29) is 11.5 Å². The van der Waals surface area contributed by atoms with Crippen LogP contribution in [0.3, 0.4) is 0 Å². The van der Waals surface area contributed by atoms with Gasteiger partial charge in [0.15, 0.2) is 0 Å². The summed E-state index contributed by atoms with van der Waals surface area (Å²) in [5.41, 5.74) is 1.41. The third-order valence-corrected chi connectivity index (χ3v) is 5.04. The van der Waals surface area contributed by atoms with E-state index in [4.69, 9.17) is 4.74 Å². The highest BCUT2D eigenvalue weighted by Gasteiger charge is 2.21. The summed E-state index contributed by atoms with van der Waals surface area (Å²) in [6.45, 7) is 14.0. The minimum atomic E-state index is -0.495. The number of benzene rings is 1. The van der Waals surface area contributed by atoms with Crippen LogP contribution < -0.4 is 4.74 Å². The molecular weight excluding hydrogens is 328 g/mol. The minimum Gasteiger partial charge on any atom is -0.491 e. The normalized spacial score (nSPS) is 19.3. The van der Waals surface area contributed by atoms with Gasteiger partial charge in [0, 0.05) is 39.3 Å². The maximum atomic E-state index is 10.3. The van der Waals surface area contributed by atoms with Crippen LogP contribution >= 0.6 is 0 Å². The molecule has 5 heteroatoms. The number of aliphatic hydroxyl groups is 2. The van der Waals surface area contributed by atoms with Crippen molar-refractivity contribution in [2.75, 3.05) is 45.9 Å². The van der Waals surface area contributed by atoms with Gasteiger partial charge in [0.2, 0.25) is 0 Å². The minimum absolute atomic E-state index is 0.132. The predicted molar refractivity (Wildman–Crippen MR) is 106 cm³/mol. The van der Waals surface area contributed by atoms with Crippen molar-refractivity contribution in [2.24, 2.45) is 0 Å². The average Bonchev–Trinajstić information content (AvgIpc) is 2.61. The fourth-order valence-corrected chi connectivity index (χ4v) is 3.18. The molecule has 148 valence electrons. The van der Waals surface area contributed by atoms with E-state index in [0.29, 0.717) is 13.2 Å². The number of piperazine rings is 1. The van der Waals surface area contributed by atoms with Crippen molar-refractivity contribution in [1.82, 2.24) is 9.80 Å². The van der Waals surface area contributed by atoms with Crippen molar-refractivity contribution < 1.29 is 14.9 Å². The third-order valence-electron chi connectivity index (χ3n) is 5.04. The molecule has 2 unspecified atom stereocenters. The fourth-order valence-electron chi connectivity index (χ4n) is 3.18. The lowest BCUT2D eigenvalue weighted by molar-refractivity contribution is 0.0328. The largest absolute Gasteiger partial charge is 0.491 e. The van der Waals surface area contributed by atoms with Gasteiger partial charge >= 0.3 is 0 Å². The van der Waals surface area contributed by atoms with E-state index in [2.05, 4.69) is 42.7 Å². The Bertz CT molecular complexity index is 519. The van der Waals surface area contributed by atoms with Crippen LogP contribution in [-0.4, -0.2) is 78.1 Å². The van der Waals surface area contributed by atoms with Gasteiger partial charge in [-0.1, -0.05) is 39.8 Å². The molecule has 5 nitrogen and oxygen atoms in total. The van der Waals surface area contributed by atoms with E-state index >= 15 is 0 Å². The Hall–Kier alpha value is -1.14. The van der Waals surface area contributed by atoms with Crippen LogP contribution in [0.15, 0.2) is 24.3 Å². The second-order valence-electron chi connectivity index (χ2n) is 8.40. The Kier molecular flexibility index (Phi) is 7.89. The summed E-state index contributed by atoms with van der Waals surface area (Å²) < 4.78 is 5.75. The number of β-amino-alcohol motifs (C(OH)–C–C–N with tert-alkyl or cyclic N) is 2. The van der Waals surface area contributed by atoms with Gasteiger partial charge in [-0.3, -0.25) is 9.80 Å². The van der Waals surface area contributed by atoms with E-state index in [1.165, 1.54) is 5.56 Å². The molecule has 2 N–H and O–H groups in total. The average molecular weight is 365 g/mol. The van der Waals surface area contributed by atoms with Crippen molar-refractivity contribution in [3.8, 4) is 5.75 Å². The van der Waals surface area contributed by atoms with Gasteiger partial charge in [0.1, 0.15) is 18.5 Å². The summed E-state index contributed by atoms with van der Waals surface area (Å²) in [5, 5.41) is 20.0. The lowest BCUT2D eigenvalue weighted by atomic mass is 9.87. The van der Waals surface area contributed by atoms with Crippen molar-refractivity contribution in [3.05, 3.63) is 29.8 Å². The molecular formula is C21H36N2O3. The van der Waals surface area contributed by atoms with Gasteiger partial charge in [-0.05, 0) is 29.5 Å². The first-order valence-electron chi connectivity index (χ1n) is 9.82. The van der Waals surface area contributed by atoms with E-state index in [9.17, 15) is 10.2 Å². The number of rotatable bonds is 8. The molecule has 0 amide bonds. The molecule has 1 aliphatic heterocycles. The molecule has 1 heterocycles. The Labute approximate surface area is 158 Å². The fraction of sp³-hybridized carbons (Fsp3) is 0.714. The van der Waals surface area contributed by atoms with Gasteiger partial charge in [-0.2, -0.15) is 0 Å². The first-order valence-corrected chi connectivity index (χ1v) is 9.82. The zero-order valence-corrected chi connectivity index (χ0v) is 16.8. The topological polar surface area (TPSA) is 56.2 Å². The molecule has 1 aliphatic rings. The molecule has 0 aromatic heterocycles. The second-order valence-corrected chi connectivity index (χ2v) is 8.40. The molecule has 0 aliphatic carbocycles. The van der Waals surface area contributed by atoms with Gasteiger partial charge in [-0.25, -0.2) is 0 Å². The molecule has 0 saturated carbocycles. The lowest BCUT2D eigenvalue weighted by Gasteiger charge is -2.36. The van der Waals surface area contributed by atoms with Crippen molar-refractivity contribution in [2.45, 2.75) is 51.7 Å². The molecule has 0 radical (unpaired) electrons. The molecule has 0 bridgehead atoms. The maximum Gasteiger partial charge on any atom is 0.119 e. The number of ether oxygens (including phenoxy) is 1. The molecule has 0 spiro atoms. The zero-order valence-electron chi connectivity index (χ0n) is 16.8. The Morgan fingerprint density at radius 3 is 1.88 bits per heavy atom. The highest BCUT2D eigenvalue weighted by atomic mass is 16.5. The first-order chi connectivity index (χ1) is 12.3. The van der Waals surface area contributed by atoms with Crippen LogP contribution in [0.25, 0.3) is 0 Å². The number of hydrogen-bond donors (Lipinski definition) is 2. The molecule has 26 heavy (non-hydrogen) atoms. The second kappa shape index (κ2) is 9.70. The zero-order chi connectivity index (χ0) is 19.2. The van der Waals surface area contributed by atoms with Gasteiger partial charge in [-0.15, -0.1) is 0 Å². The molecule has 2 atom stereocenters. The summed E-state index contributed by atoms with van der Waals surface area (Å²) in [5.74, 6) is 0.801. The predicted octanol–water partition coefficient (Wildman–Crippen LogP) is 2.11. The van der Waals surface area contributed by atoms with Crippen LogP contribution in [0.2, 0.25) is 0 Å². The SMILES string of the molecule is CCC(O)CN1CCN(CC(O)COc2ccc(C(C)(C)C)cc2)CC1. The van der Waals surface area contributed by atoms with E-state index in [1.807, 2.05) is 19.1 Å². The summed E-state index contributed by atoms with van der Waals surface area (Å²) in [6.07, 6.45) is 0.0720. The molecule has 1 saturated heterocycles. The molecule has 1 aromatic rings. The van der Waals surface area contributed by atoms with Crippen molar-refractivity contribution in [3.63, 3.8) is 0 Å². The Morgan fingerprint density at radius 1 is 0.923 bits per heavy atom. The van der Waals surface area contributed by atoms with Crippen LogP contribution in [0.4, 0.5) is 0 Å². The quantitative estimate of drug-likeness (QED) is 0.740. The molecule has 1 fully saturated rings. The third kappa shape index (κ3) is 6.88. The highest BCUT2D eigenvalue weighted by Crippen LogP contribution is 2.24. The first kappa shape index (κ1) is 21.2. The Balaban J connectivity index is 1.69. The number of hydrogen-bond acceptors (Lipinski definition) is 5. The summed E-state index contributed by atoms with van der Waals surface area (Å²) in [7, 11) is 0. The Morgan fingerprint density at radius 2 is 1.42 bits per heavy atom. The summed E-state index contributed by atoms with van der Waals surface area (Å²) >= 11 is 0. The number of nitrogens with zero attached hydrogens (tertiary/aromatic N) is 2. The van der Waals surface area contributed by atoms with Crippen LogP contribution in [0.1, 0.15) is 39.7 Å². The van der Waals surface area contributed by atoms with Crippen LogP contribution in [-0.2, 0) is 5.41 Å². The maximum absolute atomic E-state index is 10.3. The van der Waals surface area contributed by atoms with Gasteiger partial charge in [0.25, 0.3) is 0 Å². The molecule has 2 rings (SSSR count). The monoisotopic (exact) mass is 364 g/mol. The van der Waals surface area contributed by atoms with Crippen molar-refractivity contribution in [1.29, 1.82) is 0 Å². The summed E-state index contributed by atoms with van der Waals surface area (Å²) in [6, 6.07) is 8.13. The smallest absolute Gasteiger partial charge is 0.119 e. The standard InChI is InChI=1S/C21H36N2O3/c1-5-18(24)14-22-10-12-23(13-11-22)15-19(25)16-26-20-8-6-17(7-9-20)21(2,3)4/h6-9,18-19,24-25H,5,10-16H2,1-4H3. The van der Waals surface area contributed by atoms with Gasteiger partial charge < -0.3 is 14.9 Å². The number of aliphatic hydroxyl groups excluding tert-OH is 2. The van der Waals surface area contributed by atoms with E-state index in [0.717, 1.165) is 44.9 Å². The molecule has 1 aromatic carbocycles.